The molecule has 3 aliphatic heterocycles. The van der Waals surface area contributed by atoms with Crippen LogP contribution in [0.3, 0.4) is 0 Å². The molecule has 2 saturated heterocycles. The Morgan fingerprint density at radius 1 is 0.566 bits per heavy atom. The summed E-state index contributed by atoms with van der Waals surface area (Å²) in [5.41, 5.74) is 0.559. The van der Waals surface area contributed by atoms with Crippen molar-refractivity contribution in [2.45, 2.75) is 268 Å². The van der Waals surface area contributed by atoms with Crippen LogP contribution in [0.1, 0.15) is 139 Å². The van der Waals surface area contributed by atoms with Crippen LogP contribution in [0.25, 0.3) is 0 Å². The van der Waals surface area contributed by atoms with E-state index in [0.29, 0.717) is 44.1 Å². The Kier molecular flexibility index (Phi) is 32.9. The maximum atomic E-state index is 13.5. The Morgan fingerprint density at radius 3 is 1.75 bits per heavy atom. The third-order valence-electron chi connectivity index (χ3n) is 17.3. The maximum absolute atomic E-state index is 13.5. The van der Waals surface area contributed by atoms with Crippen LogP contribution < -0.4 is 0 Å². The molecule has 0 unspecified atom stereocenters. The van der Waals surface area contributed by atoms with Crippen molar-refractivity contribution in [2.75, 3.05) is 6.61 Å². The molecule has 28 atom stereocenters. The minimum absolute atomic E-state index is 0.148. The van der Waals surface area contributed by atoms with E-state index in [0.717, 1.165) is 0 Å². The number of rotatable bonds is 5. The first-order valence-corrected chi connectivity index (χ1v) is 29.9. The molecule has 0 aromatic rings. The zero-order chi connectivity index (χ0) is 62.6. The van der Waals surface area contributed by atoms with E-state index in [2.05, 4.69) is 0 Å². The van der Waals surface area contributed by atoms with Crippen LogP contribution in [0.5, 0.6) is 0 Å². The van der Waals surface area contributed by atoms with Crippen molar-refractivity contribution in [3.63, 3.8) is 0 Å². The minimum atomic E-state index is -1.88. The Balaban J connectivity index is 1.88. The highest BCUT2D eigenvalue weighted by atomic mass is 16.7. The molecule has 0 bridgehead atoms. The predicted molar refractivity (Wildman–Crippen MR) is 306 cm³/mol. The highest BCUT2D eigenvalue weighted by Crippen LogP contribution is 2.32. The molecule has 22 nitrogen and oxygen atoms in total. The van der Waals surface area contributed by atoms with Gasteiger partial charge in [-0.05, 0) is 76.7 Å². The second-order valence-electron chi connectivity index (χ2n) is 24.4. The number of ether oxygens (including phenoxy) is 4. The van der Waals surface area contributed by atoms with E-state index in [-0.39, 0.29) is 43.1 Å². The number of esters is 1. The highest BCUT2D eigenvalue weighted by Gasteiger charge is 2.46. The van der Waals surface area contributed by atoms with Gasteiger partial charge < -0.3 is 106 Å². The van der Waals surface area contributed by atoms with Crippen LogP contribution in [0.15, 0.2) is 59.8 Å². The van der Waals surface area contributed by atoms with Crippen LogP contribution in [0.2, 0.25) is 0 Å². The lowest BCUT2D eigenvalue weighted by atomic mass is 9.82. The zero-order valence-electron chi connectivity index (χ0n) is 50.1. The Bertz CT molecular complexity index is 2000. The number of hydrogen-bond acceptors (Lipinski definition) is 22. The van der Waals surface area contributed by atoms with Crippen molar-refractivity contribution < 1.29 is 111 Å². The van der Waals surface area contributed by atoms with Crippen molar-refractivity contribution in [3.05, 3.63) is 59.8 Å². The average molecular weight is 1190 g/mol. The number of carbonyl (C=O) groups is 1. The van der Waals surface area contributed by atoms with Gasteiger partial charge in [-0.1, -0.05) is 97.1 Å². The minimum Gasteiger partial charge on any atom is -0.458 e. The first kappa shape index (κ1) is 74.6. The van der Waals surface area contributed by atoms with E-state index in [1.165, 1.54) is 39.0 Å². The fourth-order valence-electron chi connectivity index (χ4n) is 11.0. The monoisotopic (exact) mass is 1190 g/mol. The van der Waals surface area contributed by atoms with E-state index in [9.17, 15) is 91.6 Å². The third-order valence-corrected chi connectivity index (χ3v) is 17.3. The molecule has 22 heteroatoms. The number of hydrogen-bond donors (Lipinski definition) is 17. The van der Waals surface area contributed by atoms with E-state index in [1.807, 2.05) is 19.9 Å². The molecule has 83 heavy (non-hydrogen) atoms. The molecule has 0 aromatic carbocycles. The predicted octanol–water partition coefficient (Wildman–Crippen LogP) is 0.840. The summed E-state index contributed by atoms with van der Waals surface area (Å²) in [5.74, 6) is -4.60. The summed E-state index contributed by atoms with van der Waals surface area (Å²) in [6, 6.07) is 0. The molecular weight excluding hydrogens is 1080 g/mol. The van der Waals surface area contributed by atoms with Crippen LogP contribution in [-0.2, 0) is 23.7 Å². The molecule has 2 fully saturated rings. The van der Waals surface area contributed by atoms with Gasteiger partial charge >= 0.3 is 5.97 Å². The molecule has 0 spiro atoms. The van der Waals surface area contributed by atoms with Crippen LogP contribution >= 0.6 is 0 Å². The van der Waals surface area contributed by atoms with Gasteiger partial charge in [0.15, 0.2) is 12.6 Å². The van der Waals surface area contributed by atoms with E-state index in [4.69, 9.17) is 18.9 Å². The molecule has 0 saturated carbocycles. The van der Waals surface area contributed by atoms with Gasteiger partial charge in [0.2, 0.25) is 0 Å². The number of carbonyl (C=O) groups excluding carboxylic acids is 1. The summed E-state index contributed by atoms with van der Waals surface area (Å²) in [7, 11) is 0. The first-order valence-electron chi connectivity index (χ1n) is 29.9. The van der Waals surface area contributed by atoms with E-state index < -0.39 is 184 Å². The summed E-state index contributed by atoms with van der Waals surface area (Å²) in [6.07, 6.45) is -13.3. The summed E-state index contributed by atoms with van der Waals surface area (Å²) in [6.45, 7) is 14.3. The summed E-state index contributed by atoms with van der Waals surface area (Å²) in [4.78, 5) is 13.5. The van der Waals surface area contributed by atoms with Crippen molar-refractivity contribution in [1.29, 1.82) is 0 Å². The normalized spacial score (nSPS) is 44.1. The van der Waals surface area contributed by atoms with Gasteiger partial charge in [0.05, 0.1) is 86.0 Å². The topological polar surface area (TPSA) is 398 Å². The Hall–Kier alpha value is -2.63. The Labute approximate surface area is 490 Å². The van der Waals surface area contributed by atoms with Crippen LogP contribution in [0.4, 0.5) is 0 Å². The van der Waals surface area contributed by atoms with Gasteiger partial charge in [0.25, 0.3) is 0 Å². The third kappa shape index (κ3) is 24.1. The largest absolute Gasteiger partial charge is 0.458 e. The molecular formula is C61H106O22. The number of aliphatic hydroxyl groups excluding tert-OH is 17. The van der Waals surface area contributed by atoms with Crippen LogP contribution in [-0.4, -0.2) is 228 Å². The molecule has 482 valence electrons. The average Bonchev–Trinajstić information content (AvgIpc) is 4.00. The fourth-order valence-corrected chi connectivity index (χ4v) is 11.0. The fraction of sp³-hybridized carbons (Fsp3) is 0.820. The molecule has 0 aromatic heterocycles. The summed E-state index contributed by atoms with van der Waals surface area (Å²) < 4.78 is 23.1. The van der Waals surface area contributed by atoms with Gasteiger partial charge in [-0.15, -0.1) is 0 Å². The maximum Gasteiger partial charge on any atom is 0.333 e. The van der Waals surface area contributed by atoms with Gasteiger partial charge in [-0.3, -0.25) is 0 Å². The van der Waals surface area contributed by atoms with Gasteiger partial charge in [0.1, 0.15) is 36.6 Å². The van der Waals surface area contributed by atoms with Gasteiger partial charge in [0, 0.05) is 66.8 Å². The zero-order valence-corrected chi connectivity index (χ0v) is 50.1. The second kappa shape index (κ2) is 36.6. The Morgan fingerprint density at radius 2 is 1.16 bits per heavy atom. The quantitative estimate of drug-likeness (QED) is 0.134. The van der Waals surface area contributed by atoms with Crippen molar-refractivity contribution in [2.24, 2.45) is 41.4 Å². The number of aliphatic hydroxyl groups is 17. The standard InChI is InChI=1S/C61H106O22/c1-31-14-10-11-18-45(68)36(6)55(74)32(2)15-12-16-34(4)60(79)81-49(39(9)50-22-23-53(72)80-50)19-13-17-40(63)25-41(64)27-46(69)37(7)56(75)38(8)47(70)28-42(65)26-43(66)29-48(71)51(24-35(5)54(73)33(3)20-21-44(31)67)82-61-59(78)58(77)57(76)52(30-62)83-61/h10,13-14,16-17,20-21,24,31-33,36-59,61-78H,11-12,15,18-19,22-23,25-30H2,1-9H3/t31-,32-,33-,36-,37-,38-,39-,40-,41+,42+,43-,44-,45+,46+,47-,48+,49-,50-,51-,52+,53-,54+,55+,56-,57-,58-,59+,61-/m1/s1. The smallest absolute Gasteiger partial charge is 0.333 e. The number of allylic oxidation sites excluding steroid dienone is 2. The second-order valence-corrected chi connectivity index (χ2v) is 24.4. The van der Waals surface area contributed by atoms with Crippen molar-refractivity contribution >= 4 is 5.97 Å². The molecule has 0 radical (unpaired) electrons. The first-order chi connectivity index (χ1) is 38.9. The molecule has 17 N–H and O–H groups in total. The number of cyclic esters (lactones) is 1. The van der Waals surface area contributed by atoms with Crippen LogP contribution in [0, 0.1) is 41.4 Å². The SMILES string of the molecule is CC1=CCC[C@@H](C)[C@H](O)[C@H](C)[C@@H](O)CCC=C[C@@H](C)[C@H](O)C=C[C@@H](C)[C@H](O)C(C)=C[C@@H](O[C@@H]2O[C@@H](CO)[C@@H](O)[C@@H](O)[C@@H]2O)[C@@H](O)C[C@H](O)C[C@H](O)C[C@@H](O)[C@@H](C)[C@H](O)[C@H](C)[C@@H](O)C[C@@H](O)C[C@H](O)C=CC[C@H]([C@@H](C)[C@H]2CC[C@H](O)O2)OC1=O. The molecule has 0 amide bonds. The molecule has 3 rings (SSSR count). The molecule has 3 heterocycles. The van der Waals surface area contributed by atoms with E-state index >= 15 is 0 Å². The molecule has 0 aliphatic carbocycles. The lowest BCUT2D eigenvalue weighted by Crippen LogP contribution is -2.60. The van der Waals surface area contributed by atoms with Gasteiger partial charge in [-0.25, -0.2) is 4.79 Å². The van der Waals surface area contributed by atoms with Crippen molar-refractivity contribution in [3.8, 4) is 0 Å². The van der Waals surface area contributed by atoms with E-state index in [1.54, 1.807) is 52.0 Å². The van der Waals surface area contributed by atoms with Crippen molar-refractivity contribution in [1.82, 2.24) is 0 Å². The summed E-state index contributed by atoms with van der Waals surface area (Å²) >= 11 is 0. The highest BCUT2D eigenvalue weighted by molar-refractivity contribution is 5.87. The lowest BCUT2D eigenvalue weighted by molar-refractivity contribution is -0.313. The van der Waals surface area contributed by atoms with Gasteiger partial charge in [-0.2, -0.15) is 0 Å². The molecule has 3 aliphatic rings. The summed E-state index contributed by atoms with van der Waals surface area (Å²) in [5, 5.41) is 185. The lowest BCUT2D eigenvalue weighted by Gasteiger charge is -2.41.